The van der Waals surface area contributed by atoms with Gasteiger partial charge in [0.1, 0.15) is 30.9 Å². The number of hydrogen-bond acceptors (Lipinski definition) is 26. The van der Waals surface area contributed by atoms with Gasteiger partial charge in [0.2, 0.25) is 23.3 Å². The van der Waals surface area contributed by atoms with Crippen molar-refractivity contribution in [1.82, 2.24) is 15.3 Å². The van der Waals surface area contributed by atoms with Gasteiger partial charge in [-0.15, -0.1) is 22.9 Å². The van der Waals surface area contributed by atoms with E-state index in [1.54, 1.807) is 101 Å². The molecule has 2 aromatic rings. The quantitative estimate of drug-likeness (QED) is 0.00453. The van der Waals surface area contributed by atoms with E-state index in [1.165, 1.54) is 44.3 Å². The van der Waals surface area contributed by atoms with Crippen molar-refractivity contribution in [3.8, 4) is 0 Å². The number of ketones is 12. The zero-order valence-corrected chi connectivity index (χ0v) is 95.9. The van der Waals surface area contributed by atoms with Gasteiger partial charge in [-0.2, -0.15) is 21.6 Å². The summed E-state index contributed by atoms with van der Waals surface area (Å²) in [5, 5.41) is 21.0. The number of nitrogens with one attached hydrogen (secondary N) is 3. The number of thiophene rings is 1. The molecule has 2 aromatic heterocycles. The lowest BCUT2D eigenvalue weighted by atomic mass is 9.86. The molecular formula is C97H171Br2ClF3N6O27PS2. The van der Waals surface area contributed by atoms with Crippen LogP contribution >= 0.6 is 62.4 Å². The number of carboxylic acids is 2. The molecule has 0 aliphatic carbocycles. The van der Waals surface area contributed by atoms with Crippen LogP contribution in [0.3, 0.4) is 0 Å². The molecular weight excluding hydrogens is 2030 g/mol. The first-order valence-corrected chi connectivity index (χ1v) is 51.8. The molecule has 0 saturated carbocycles. The molecule has 4 atom stereocenters. The lowest BCUT2D eigenvalue weighted by Gasteiger charge is -2.21. The topological polar surface area (TPSA) is 583 Å². The number of nitrogens with two attached hydrogens (primary N) is 3. The maximum Gasteiger partial charge on any atom is 0.450 e. The smallest absolute Gasteiger partial charge is 0.450 e. The van der Waals surface area contributed by atoms with Crippen LogP contribution in [0.5, 0.6) is 0 Å². The Kier molecular flexibility index (Phi) is 72.6. The maximum atomic E-state index is 11.7. The Balaban J connectivity index is -0.000000192. The number of likely N-dealkylation sites (N-methyl/N-ethyl adjacent to an activating group) is 1. The van der Waals surface area contributed by atoms with Crippen LogP contribution in [0.15, 0.2) is 45.5 Å². The largest absolute Gasteiger partial charge is 0.480 e. The Morgan fingerprint density at radius 1 is 0.568 bits per heavy atom. The number of Topliss-reactive ketones (excluding diaryl/α,β-unsaturated/α-hetero) is 11. The van der Waals surface area contributed by atoms with Gasteiger partial charge in [0.25, 0.3) is 15.7 Å². The average Bonchev–Trinajstić information content (AvgIpc) is 1.09. The Bertz CT molecular complexity index is 4450. The SMILES string of the molecule is CC(Br)C(=O)C(C)(C)C.CC(C)(C)C(=O)C(=O)c1cccs1.CC(C)(C)C(=O)C(F)(F)F.CC(C)(C)C(=O)CCCCC(N)(N)C(=O)O.CC(C)(C)C(=O)COCCCCOCC(=O)O.CC(C)(C)C(=O)CP(=O)(O)O.CC(C)(C)C(=O)[C@@H](N)CCS(=O)(=O)O.CC(C)(C)C(=O)c1c[nH]c(=O)[nH]c1=O.CCC(Cl)C(=O)C(C)(C)C.CCCCC(Br)C(=O)C(C)(C)C.CCNC(=O)/C=C\C(=O)C(C)(C)C. The van der Waals surface area contributed by atoms with Crippen molar-refractivity contribution in [3.63, 3.8) is 0 Å². The fourth-order valence-corrected chi connectivity index (χ4v) is 12.7. The molecule has 3 unspecified atom stereocenters. The van der Waals surface area contributed by atoms with Crippen LogP contribution in [-0.4, -0.2) is 208 Å². The molecule has 0 aliphatic heterocycles. The fraction of sp³-hybridized carbons (Fsp3) is 0.742. The summed E-state index contributed by atoms with van der Waals surface area (Å²) in [5.74, 6) is -5.25. The van der Waals surface area contributed by atoms with E-state index in [-0.39, 0.29) is 132 Å². The maximum absolute atomic E-state index is 11.7. The van der Waals surface area contributed by atoms with Crippen molar-refractivity contribution in [1.29, 1.82) is 0 Å². The number of amides is 1. The van der Waals surface area contributed by atoms with Crippen LogP contribution < -0.4 is 33.8 Å². The van der Waals surface area contributed by atoms with Crippen molar-refractivity contribution in [2.45, 2.75) is 360 Å². The van der Waals surface area contributed by atoms with Gasteiger partial charge in [0, 0.05) is 98.0 Å². The minimum absolute atomic E-state index is 0.0162. The summed E-state index contributed by atoms with van der Waals surface area (Å²) >= 11 is 13.7. The second kappa shape index (κ2) is 67.2. The predicted octanol–water partition coefficient (Wildman–Crippen LogP) is 18.2. The van der Waals surface area contributed by atoms with E-state index in [0.29, 0.717) is 49.7 Å². The third-order valence-corrected chi connectivity index (χ3v) is 21.8. The van der Waals surface area contributed by atoms with Crippen LogP contribution in [0.4, 0.5) is 13.2 Å². The summed E-state index contributed by atoms with van der Waals surface area (Å²) in [5.41, 5.74) is 7.65. The minimum atomic E-state index is -4.70. The highest BCUT2D eigenvalue weighted by atomic mass is 79.9. The highest BCUT2D eigenvalue weighted by Crippen LogP contribution is 2.37. The molecule has 0 saturated heterocycles. The highest BCUT2D eigenvalue weighted by Gasteiger charge is 2.45. The van der Waals surface area contributed by atoms with E-state index in [2.05, 4.69) is 49.1 Å². The number of hydrogen-bond donors (Lipinski definition) is 11. The summed E-state index contributed by atoms with van der Waals surface area (Å²) in [4.78, 5) is 211. The summed E-state index contributed by atoms with van der Waals surface area (Å²) in [6.07, 6.45) is 5.59. The van der Waals surface area contributed by atoms with E-state index in [0.717, 1.165) is 44.7 Å². The fourth-order valence-electron chi connectivity index (χ4n) is 8.66. The third-order valence-electron chi connectivity index (χ3n) is 17.7. The van der Waals surface area contributed by atoms with Gasteiger partial charge in [-0.25, -0.2) is 14.4 Å². The molecule has 14 N–H and O–H groups in total. The molecule has 810 valence electrons. The molecule has 0 fully saturated rings. The zero-order valence-electron chi connectivity index (χ0n) is 89.5. The first-order chi connectivity index (χ1) is 61.5. The van der Waals surface area contributed by atoms with Gasteiger partial charge in [-0.05, 0) is 82.7 Å². The second-order valence-corrected chi connectivity index (χ2v) is 50.9. The number of carboxylic acid groups (broad SMARTS) is 2. The number of allylic oxidation sites excluding steroid dienone is 1. The number of aliphatic carboxylic acids is 2. The van der Waals surface area contributed by atoms with Gasteiger partial charge in [0.15, 0.2) is 46.1 Å². The third kappa shape index (κ3) is 82.5. The highest BCUT2D eigenvalue weighted by molar-refractivity contribution is 9.10. The summed E-state index contributed by atoms with van der Waals surface area (Å²) in [7, 11) is -8.20. The van der Waals surface area contributed by atoms with Gasteiger partial charge < -0.3 is 57.0 Å². The van der Waals surface area contributed by atoms with Gasteiger partial charge >= 0.3 is 31.4 Å². The molecule has 0 aromatic carbocycles. The van der Waals surface area contributed by atoms with Crippen LogP contribution in [0.1, 0.15) is 347 Å². The van der Waals surface area contributed by atoms with Crippen molar-refractivity contribution < 1.29 is 132 Å². The molecule has 0 bridgehead atoms. The summed E-state index contributed by atoms with van der Waals surface area (Å²) in [6.45, 7) is 67.2. The van der Waals surface area contributed by atoms with Gasteiger partial charge in [-0.3, -0.25) is 81.2 Å². The number of rotatable bonds is 34. The van der Waals surface area contributed by atoms with Crippen LogP contribution in [-0.2, 0) is 86.5 Å². The van der Waals surface area contributed by atoms with Crippen molar-refractivity contribution in [3.05, 3.63) is 67.1 Å². The standard InChI is InChI=1S/C12H22O5.C11H22N2O3.C10H19BrO.C10H17NO2.C10H12O2S.C9H12N2O3.C8H15ClO.C8H17NO4S.C7H13BrO.C6H9F3O.C6H13O4P/c1-12(2,3)10(13)8-16-6-4-5-7-17-9-11(14)15;1-10(2,3)8(14)6-4-5-7-11(12,13)9(15)16;1-5-6-7-8(11)9(12)10(2,3)4;1-5-11-9(13)7-6-8(12)10(2,3)4;1-10(2,3)9(12)8(11)7-5-4-6-13-7;1-9(2,3)6(12)5-4-10-8(14)11-7(5)13;1-5-6(9)7(10)8(2,3)4;1-8(2,3)7(10)6(9)4-5-14(11,12)13;1-5(8)6(9)7(2,3)4;1-5(2,3)4(10)6(7,8)9;1-6(2,3)5(7)4-11(8,9)10/h4-9H2,1-3H3,(H,14,15);4-7,12-13H2,1-3H3,(H,15,16);8H,5-7H2,1-4H3;6-7H,5H2,1-4H3,(H,11,13);4-6H,1-3H3;4H,1-3H3,(H2,10,11,13,14);6H,5H2,1-4H3;6H,4-5,9H2,1-3H3,(H,11,12,13);5H,1-4H3;1-3H3;4H2,1-3H3,(H2,8,9,10)/b;;;7-6-;;;;;;;/t;;;;;;;6-;;;/m.......0.../s1. The first kappa shape index (κ1) is 150. The predicted molar refractivity (Wildman–Crippen MR) is 551 cm³/mol. The lowest BCUT2D eigenvalue weighted by molar-refractivity contribution is -0.179. The van der Waals surface area contributed by atoms with Gasteiger partial charge in [-0.1, -0.05) is 293 Å². The number of carbonyl (C=O) groups excluding carboxylic acids is 13. The Morgan fingerprint density at radius 2 is 1.00 bits per heavy atom. The molecule has 1 amide bonds. The molecule has 139 heavy (non-hydrogen) atoms. The Labute approximate surface area is 850 Å². The number of carbonyl (C=O) groups is 15. The van der Waals surface area contributed by atoms with E-state index in [4.69, 9.17) is 62.8 Å². The molecule has 42 heteroatoms. The summed E-state index contributed by atoms with van der Waals surface area (Å²) in [6, 6.07) is 2.61. The first-order valence-electron chi connectivity index (χ1n) is 45.2. The second-order valence-electron chi connectivity index (χ2n) is 43.7. The zero-order chi connectivity index (χ0) is 113. The van der Waals surface area contributed by atoms with Crippen LogP contribution in [0, 0.1) is 59.6 Å². The van der Waals surface area contributed by atoms with Crippen molar-refractivity contribution >= 4 is 160 Å². The molecule has 2 heterocycles. The number of unbranched alkanes of at least 4 members (excludes halogenated alkanes) is 3. The van der Waals surface area contributed by atoms with E-state index < -0.39 is 115 Å². The average molecular weight is 2200 g/mol. The number of ether oxygens (including phenoxy) is 2. The van der Waals surface area contributed by atoms with Crippen molar-refractivity contribution in [2.24, 2.45) is 76.8 Å². The lowest BCUT2D eigenvalue weighted by Crippen LogP contribution is -2.56. The summed E-state index contributed by atoms with van der Waals surface area (Å²) < 4.78 is 84.5. The molecule has 33 nitrogen and oxygen atoms in total. The number of aromatic nitrogens is 2. The number of alkyl halides is 6. The van der Waals surface area contributed by atoms with E-state index in [1.807, 2.05) is 150 Å². The van der Waals surface area contributed by atoms with E-state index in [9.17, 15) is 108 Å². The van der Waals surface area contributed by atoms with Crippen LogP contribution in [0.2, 0.25) is 0 Å². The monoisotopic (exact) mass is 2200 g/mol. The Hall–Kier alpha value is -6.53. The number of aromatic amines is 2. The Morgan fingerprint density at radius 3 is 1.28 bits per heavy atom. The van der Waals surface area contributed by atoms with Gasteiger partial charge in [0.05, 0.1) is 37.3 Å². The van der Waals surface area contributed by atoms with Crippen LogP contribution in [0.25, 0.3) is 0 Å². The van der Waals surface area contributed by atoms with E-state index >= 15 is 0 Å². The molecule has 0 spiro atoms. The number of H-pyrrole nitrogens is 2. The number of halogens is 6. The van der Waals surface area contributed by atoms with Crippen molar-refractivity contribution in [2.75, 3.05) is 44.9 Å². The minimum Gasteiger partial charge on any atom is -0.480 e. The molecule has 2 rings (SSSR count). The molecule has 0 aliphatic rings. The normalized spacial score (nSPS) is 13.0. The molecule has 0 radical (unpaired) electrons.